The summed E-state index contributed by atoms with van der Waals surface area (Å²) < 4.78 is 1.80. The number of anilines is 2. The Kier molecular flexibility index (Phi) is 2.55. The maximum Gasteiger partial charge on any atom is 0.226 e. The molecule has 0 spiro atoms. The molecule has 2 N–H and O–H groups in total. The van der Waals surface area contributed by atoms with Crippen LogP contribution in [-0.4, -0.2) is 29.7 Å². The number of aromatic nitrogens is 6. The summed E-state index contributed by atoms with van der Waals surface area (Å²) in [5.41, 5.74) is 3.21. The normalized spacial score (nSPS) is 11.3. The van der Waals surface area contributed by atoms with E-state index in [9.17, 15) is 0 Å². The lowest BCUT2D eigenvalue weighted by molar-refractivity contribution is 0.928. The van der Waals surface area contributed by atoms with Gasteiger partial charge in [0.05, 0.1) is 18.0 Å². The summed E-state index contributed by atoms with van der Waals surface area (Å²) in [5, 5.41) is 11.3. The quantitative estimate of drug-likeness (QED) is 0.556. The zero-order chi connectivity index (χ0) is 14.4. The highest BCUT2D eigenvalue weighted by molar-refractivity contribution is 6.28. The summed E-state index contributed by atoms with van der Waals surface area (Å²) in [4.78, 5) is 12.7. The number of H-pyrrole nitrogens is 1. The van der Waals surface area contributed by atoms with E-state index < -0.39 is 0 Å². The van der Waals surface area contributed by atoms with Gasteiger partial charge in [0, 0.05) is 18.1 Å². The minimum atomic E-state index is 0.179. The highest BCUT2D eigenvalue weighted by atomic mass is 35.5. The second-order valence-electron chi connectivity index (χ2n) is 4.67. The van der Waals surface area contributed by atoms with Crippen LogP contribution in [0.1, 0.15) is 0 Å². The van der Waals surface area contributed by atoms with Crippen LogP contribution in [0.4, 0.5) is 11.5 Å². The van der Waals surface area contributed by atoms with Crippen molar-refractivity contribution in [2.45, 2.75) is 0 Å². The van der Waals surface area contributed by atoms with Crippen molar-refractivity contribution in [2.24, 2.45) is 7.05 Å². The molecular formula is C13H10ClN7. The number of nitrogens with one attached hydrogen (secondary N) is 2. The Morgan fingerprint density at radius 2 is 2.19 bits per heavy atom. The first-order valence-electron chi connectivity index (χ1n) is 6.25. The lowest BCUT2D eigenvalue weighted by Crippen LogP contribution is -1.98. The molecule has 0 radical (unpaired) electrons. The van der Waals surface area contributed by atoms with E-state index in [1.165, 1.54) is 0 Å². The standard InChI is InChI=1S/C13H10ClN7/c1-21-6-15-10-11(18-13(14)19-12(10)21)17-8-2-3-9-7(4-8)5-16-20-9/h2-6H,1H3,(H,16,20)(H,17,18,19). The zero-order valence-electron chi connectivity index (χ0n) is 11.0. The van der Waals surface area contributed by atoms with Crippen LogP contribution in [0, 0.1) is 0 Å². The average molecular weight is 300 g/mol. The van der Waals surface area contributed by atoms with E-state index >= 15 is 0 Å². The van der Waals surface area contributed by atoms with Crippen LogP contribution in [-0.2, 0) is 7.05 Å². The van der Waals surface area contributed by atoms with E-state index in [-0.39, 0.29) is 5.28 Å². The van der Waals surface area contributed by atoms with Gasteiger partial charge in [0.2, 0.25) is 5.28 Å². The molecule has 0 aliphatic carbocycles. The minimum Gasteiger partial charge on any atom is -0.338 e. The highest BCUT2D eigenvalue weighted by Crippen LogP contribution is 2.25. The number of halogens is 1. The molecule has 4 aromatic rings. The van der Waals surface area contributed by atoms with Crippen molar-refractivity contribution in [3.8, 4) is 0 Å². The number of benzene rings is 1. The largest absolute Gasteiger partial charge is 0.338 e. The smallest absolute Gasteiger partial charge is 0.226 e. The van der Waals surface area contributed by atoms with Gasteiger partial charge >= 0.3 is 0 Å². The Balaban J connectivity index is 1.82. The van der Waals surface area contributed by atoms with Crippen molar-refractivity contribution in [2.75, 3.05) is 5.32 Å². The molecule has 7 nitrogen and oxygen atoms in total. The summed E-state index contributed by atoms with van der Waals surface area (Å²) >= 11 is 5.98. The third-order valence-corrected chi connectivity index (χ3v) is 3.40. The maximum atomic E-state index is 5.98. The Labute approximate surface area is 124 Å². The predicted molar refractivity (Wildman–Crippen MR) is 80.7 cm³/mol. The molecule has 0 saturated carbocycles. The van der Waals surface area contributed by atoms with Crippen molar-refractivity contribution >= 4 is 45.2 Å². The van der Waals surface area contributed by atoms with Gasteiger partial charge in [-0.2, -0.15) is 15.1 Å². The summed E-state index contributed by atoms with van der Waals surface area (Å²) in [7, 11) is 1.86. The van der Waals surface area contributed by atoms with Gasteiger partial charge < -0.3 is 9.88 Å². The number of imidazole rings is 1. The molecule has 0 bridgehead atoms. The number of hydrogen-bond donors (Lipinski definition) is 2. The second-order valence-corrected chi connectivity index (χ2v) is 5.00. The van der Waals surface area contributed by atoms with E-state index in [1.807, 2.05) is 25.2 Å². The van der Waals surface area contributed by atoms with Gasteiger partial charge in [0.25, 0.3) is 0 Å². The van der Waals surface area contributed by atoms with Gasteiger partial charge in [-0.3, -0.25) is 5.10 Å². The van der Waals surface area contributed by atoms with Gasteiger partial charge in [0.15, 0.2) is 17.0 Å². The summed E-state index contributed by atoms with van der Waals surface area (Å²) in [6.45, 7) is 0. The van der Waals surface area contributed by atoms with Crippen LogP contribution in [0.5, 0.6) is 0 Å². The fourth-order valence-corrected chi connectivity index (χ4v) is 2.39. The first-order chi connectivity index (χ1) is 10.2. The Hall–Kier alpha value is -2.67. The lowest BCUT2D eigenvalue weighted by atomic mass is 10.2. The Morgan fingerprint density at radius 1 is 1.29 bits per heavy atom. The SMILES string of the molecule is Cn1cnc2c(Nc3ccc4[nH]ncc4c3)nc(Cl)nc21. The molecule has 3 aromatic heterocycles. The van der Waals surface area contributed by atoms with E-state index in [1.54, 1.807) is 17.1 Å². The molecule has 0 aliphatic rings. The topological polar surface area (TPSA) is 84.3 Å². The monoisotopic (exact) mass is 299 g/mol. The molecule has 0 saturated heterocycles. The molecule has 0 aliphatic heterocycles. The Morgan fingerprint density at radius 3 is 3.10 bits per heavy atom. The van der Waals surface area contributed by atoms with Gasteiger partial charge in [-0.05, 0) is 29.8 Å². The zero-order valence-corrected chi connectivity index (χ0v) is 11.8. The molecule has 0 fully saturated rings. The van der Waals surface area contributed by atoms with Crippen molar-refractivity contribution in [3.63, 3.8) is 0 Å². The molecule has 0 atom stereocenters. The fraction of sp³-hybridized carbons (Fsp3) is 0.0769. The molecule has 1 aromatic carbocycles. The predicted octanol–water partition coefficient (Wildman–Crippen LogP) is 2.64. The maximum absolute atomic E-state index is 5.98. The Bertz CT molecular complexity index is 956. The van der Waals surface area contributed by atoms with E-state index in [0.29, 0.717) is 17.0 Å². The molecule has 21 heavy (non-hydrogen) atoms. The molecule has 104 valence electrons. The van der Waals surface area contributed by atoms with Gasteiger partial charge in [-0.15, -0.1) is 0 Å². The van der Waals surface area contributed by atoms with Gasteiger partial charge in [-0.1, -0.05) is 0 Å². The first kappa shape index (κ1) is 12.1. The van der Waals surface area contributed by atoms with Crippen LogP contribution in [0.3, 0.4) is 0 Å². The van der Waals surface area contributed by atoms with Crippen molar-refractivity contribution in [1.29, 1.82) is 0 Å². The number of nitrogens with zero attached hydrogens (tertiary/aromatic N) is 5. The summed E-state index contributed by atoms with van der Waals surface area (Å²) in [6, 6.07) is 5.86. The lowest BCUT2D eigenvalue weighted by Gasteiger charge is -2.06. The number of aromatic amines is 1. The van der Waals surface area contributed by atoms with Crippen molar-refractivity contribution in [1.82, 2.24) is 29.7 Å². The van der Waals surface area contributed by atoms with Crippen molar-refractivity contribution in [3.05, 3.63) is 36.0 Å². The molecule has 3 heterocycles. The highest BCUT2D eigenvalue weighted by Gasteiger charge is 2.11. The molecule has 0 amide bonds. The number of fused-ring (bicyclic) bond motifs is 2. The molecule has 8 heteroatoms. The van der Waals surface area contributed by atoms with E-state index in [4.69, 9.17) is 11.6 Å². The second kappa shape index (κ2) is 4.42. The number of rotatable bonds is 2. The van der Waals surface area contributed by atoms with Crippen LogP contribution in [0.2, 0.25) is 5.28 Å². The summed E-state index contributed by atoms with van der Waals surface area (Å²) in [6.07, 6.45) is 3.45. The third-order valence-electron chi connectivity index (χ3n) is 3.24. The number of aryl methyl sites for hydroxylation is 1. The third kappa shape index (κ3) is 1.98. The van der Waals surface area contributed by atoms with Crippen LogP contribution >= 0.6 is 11.6 Å². The van der Waals surface area contributed by atoms with E-state index in [0.717, 1.165) is 16.6 Å². The molecule has 0 unspecified atom stereocenters. The number of hydrogen-bond acceptors (Lipinski definition) is 5. The first-order valence-corrected chi connectivity index (χ1v) is 6.63. The van der Waals surface area contributed by atoms with Crippen LogP contribution < -0.4 is 5.32 Å². The van der Waals surface area contributed by atoms with Crippen LogP contribution in [0.15, 0.2) is 30.7 Å². The minimum absolute atomic E-state index is 0.179. The molecule has 4 rings (SSSR count). The fourth-order valence-electron chi connectivity index (χ4n) is 2.22. The molecular weight excluding hydrogens is 290 g/mol. The van der Waals surface area contributed by atoms with Gasteiger partial charge in [0.1, 0.15) is 0 Å². The average Bonchev–Trinajstić information content (AvgIpc) is 3.06. The van der Waals surface area contributed by atoms with E-state index in [2.05, 4.69) is 30.5 Å². The van der Waals surface area contributed by atoms with Crippen molar-refractivity contribution < 1.29 is 0 Å². The summed E-state index contributed by atoms with van der Waals surface area (Å²) in [5.74, 6) is 0.577. The van der Waals surface area contributed by atoms with Gasteiger partial charge in [-0.25, -0.2) is 4.98 Å². The van der Waals surface area contributed by atoms with Crippen LogP contribution in [0.25, 0.3) is 22.1 Å².